The molecule has 0 aromatic carbocycles. The maximum atomic E-state index is 12.2. The van der Waals surface area contributed by atoms with Gasteiger partial charge in [-0.25, -0.2) is 0 Å². The van der Waals surface area contributed by atoms with Gasteiger partial charge in [0.15, 0.2) is 0 Å². The molecule has 0 unspecified atom stereocenters. The minimum absolute atomic E-state index is 0.0593. The summed E-state index contributed by atoms with van der Waals surface area (Å²) in [6, 6.07) is 1.90. The maximum Gasteiger partial charge on any atom is 0.261 e. The molecule has 23 heavy (non-hydrogen) atoms. The third-order valence-electron chi connectivity index (χ3n) is 4.33. The molecule has 0 saturated heterocycles. The highest BCUT2D eigenvalue weighted by atomic mass is 32.1. The Morgan fingerprint density at radius 3 is 2.74 bits per heavy atom. The summed E-state index contributed by atoms with van der Waals surface area (Å²) in [4.78, 5) is 25.6. The lowest BCUT2D eigenvalue weighted by atomic mass is 9.85. The Labute approximate surface area is 139 Å². The molecular weight excluding hydrogens is 312 g/mol. The van der Waals surface area contributed by atoms with E-state index in [-0.39, 0.29) is 17.7 Å². The highest BCUT2D eigenvalue weighted by Gasteiger charge is 2.24. The maximum absolute atomic E-state index is 12.2. The van der Waals surface area contributed by atoms with Gasteiger partial charge in [0.2, 0.25) is 5.91 Å². The molecule has 0 aliphatic heterocycles. The van der Waals surface area contributed by atoms with E-state index in [1.807, 2.05) is 24.7 Å². The fraction of sp³-hybridized carbons (Fsp3) is 0.562. The van der Waals surface area contributed by atoms with Gasteiger partial charge in [-0.2, -0.15) is 5.10 Å². The molecule has 124 valence electrons. The predicted octanol–water partition coefficient (Wildman–Crippen LogP) is 1.98. The van der Waals surface area contributed by atoms with Crippen LogP contribution >= 0.6 is 11.3 Å². The summed E-state index contributed by atoms with van der Waals surface area (Å²) in [6.07, 6.45) is 3.94. The Balaban J connectivity index is 1.43. The molecule has 1 aliphatic carbocycles. The SMILES string of the molecule is Cc1nn(C)c2sc(C(=O)NCCCNC(=O)C3CCC3)cc12. The van der Waals surface area contributed by atoms with Crippen molar-refractivity contribution in [1.29, 1.82) is 0 Å². The quantitative estimate of drug-likeness (QED) is 0.793. The van der Waals surface area contributed by atoms with Crippen molar-refractivity contribution in [2.45, 2.75) is 32.6 Å². The van der Waals surface area contributed by atoms with Crippen LogP contribution in [0.25, 0.3) is 10.2 Å². The van der Waals surface area contributed by atoms with Gasteiger partial charge in [-0.3, -0.25) is 14.3 Å². The van der Waals surface area contributed by atoms with Crippen LogP contribution in [0.3, 0.4) is 0 Å². The number of amides is 2. The molecule has 2 aromatic rings. The van der Waals surface area contributed by atoms with Crippen molar-refractivity contribution >= 4 is 33.4 Å². The highest BCUT2D eigenvalue weighted by Crippen LogP contribution is 2.27. The Hall–Kier alpha value is -1.89. The van der Waals surface area contributed by atoms with Crippen molar-refractivity contribution in [1.82, 2.24) is 20.4 Å². The summed E-state index contributed by atoms with van der Waals surface area (Å²) in [5.41, 5.74) is 0.941. The number of thiophene rings is 1. The monoisotopic (exact) mass is 334 g/mol. The van der Waals surface area contributed by atoms with Crippen molar-refractivity contribution in [2.75, 3.05) is 13.1 Å². The van der Waals surface area contributed by atoms with Crippen LogP contribution in [-0.2, 0) is 11.8 Å². The number of hydrogen-bond acceptors (Lipinski definition) is 4. The van der Waals surface area contributed by atoms with Crippen LogP contribution in [0.15, 0.2) is 6.07 Å². The minimum Gasteiger partial charge on any atom is -0.356 e. The second-order valence-electron chi connectivity index (χ2n) is 6.07. The smallest absolute Gasteiger partial charge is 0.261 e. The largest absolute Gasteiger partial charge is 0.356 e. The van der Waals surface area contributed by atoms with Crippen LogP contribution in [0, 0.1) is 12.8 Å². The Kier molecular flexibility index (Phi) is 4.66. The fourth-order valence-electron chi connectivity index (χ4n) is 2.72. The molecule has 2 N–H and O–H groups in total. The summed E-state index contributed by atoms with van der Waals surface area (Å²) in [6.45, 7) is 3.13. The van der Waals surface area contributed by atoms with E-state index in [0.717, 1.165) is 41.6 Å². The lowest BCUT2D eigenvalue weighted by molar-refractivity contribution is -0.127. The number of fused-ring (bicyclic) bond motifs is 1. The van der Waals surface area contributed by atoms with Crippen molar-refractivity contribution in [3.05, 3.63) is 16.6 Å². The normalized spacial score (nSPS) is 14.7. The Bertz CT molecular complexity index is 695. The molecule has 3 rings (SSSR count). The van der Waals surface area contributed by atoms with Crippen LogP contribution < -0.4 is 10.6 Å². The van der Waals surface area contributed by atoms with Crippen molar-refractivity contribution in [2.24, 2.45) is 13.0 Å². The van der Waals surface area contributed by atoms with Crippen LogP contribution in [0.2, 0.25) is 0 Å². The molecule has 7 heteroatoms. The summed E-state index contributed by atoms with van der Waals surface area (Å²) in [5.74, 6) is 0.325. The number of nitrogens with one attached hydrogen (secondary N) is 2. The van der Waals surface area contributed by atoms with Crippen molar-refractivity contribution in [3.63, 3.8) is 0 Å². The lowest BCUT2D eigenvalue weighted by Crippen LogP contribution is -2.36. The molecule has 1 fully saturated rings. The molecule has 0 spiro atoms. The Morgan fingerprint density at radius 2 is 2.09 bits per heavy atom. The zero-order valence-corrected chi connectivity index (χ0v) is 14.3. The van der Waals surface area contributed by atoms with Gasteiger partial charge < -0.3 is 10.6 Å². The second-order valence-corrected chi connectivity index (χ2v) is 7.10. The molecule has 2 heterocycles. The molecule has 1 saturated carbocycles. The second kappa shape index (κ2) is 6.70. The number of nitrogens with zero attached hydrogens (tertiary/aromatic N) is 2. The highest BCUT2D eigenvalue weighted by molar-refractivity contribution is 7.20. The first-order chi connectivity index (χ1) is 11.1. The summed E-state index contributed by atoms with van der Waals surface area (Å²) < 4.78 is 1.81. The van der Waals surface area contributed by atoms with Gasteiger partial charge in [-0.15, -0.1) is 11.3 Å². The average Bonchev–Trinajstić information content (AvgIpc) is 2.99. The topological polar surface area (TPSA) is 76.0 Å². The van der Waals surface area contributed by atoms with Gasteiger partial charge in [0, 0.05) is 31.4 Å². The molecule has 2 amide bonds. The van der Waals surface area contributed by atoms with E-state index in [1.165, 1.54) is 11.3 Å². The van der Waals surface area contributed by atoms with Gasteiger partial charge in [0.05, 0.1) is 10.6 Å². The van der Waals surface area contributed by atoms with Gasteiger partial charge in [0.1, 0.15) is 4.83 Å². The average molecular weight is 334 g/mol. The summed E-state index contributed by atoms with van der Waals surface area (Å²) in [7, 11) is 1.89. The van der Waals surface area contributed by atoms with E-state index in [4.69, 9.17) is 0 Å². The van der Waals surface area contributed by atoms with Crippen LogP contribution in [0.4, 0.5) is 0 Å². The number of aryl methyl sites for hydroxylation is 2. The summed E-state index contributed by atoms with van der Waals surface area (Å²) >= 11 is 1.45. The molecule has 1 aliphatic rings. The van der Waals surface area contributed by atoms with Gasteiger partial charge in [-0.05, 0) is 32.3 Å². The molecule has 6 nitrogen and oxygen atoms in total. The van der Waals surface area contributed by atoms with E-state index in [0.29, 0.717) is 18.0 Å². The number of carbonyl (C=O) groups excluding carboxylic acids is 2. The molecule has 0 atom stereocenters. The van der Waals surface area contributed by atoms with Crippen LogP contribution in [0.5, 0.6) is 0 Å². The van der Waals surface area contributed by atoms with E-state index < -0.39 is 0 Å². The van der Waals surface area contributed by atoms with E-state index in [9.17, 15) is 9.59 Å². The number of rotatable bonds is 6. The fourth-order valence-corrected chi connectivity index (χ4v) is 3.76. The first kappa shape index (κ1) is 16.0. The van der Waals surface area contributed by atoms with Crippen LogP contribution in [-0.4, -0.2) is 34.7 Å². The zero-order chi connectivity index (χ0) is 16.4. The van der Waals surface area contributed by atoms with Gasteiger partial charge in [0.25, 0.3) is 5.91 Å². The van der Waals surface area contributed by atoms with E-state index in [2.05, 4.69) is 15.7 Å². The number of carbonyl (C=O) groups is 2. The standard InChI is InChI=1S/C16H22N4O2S/c1-10-12-9-13(23-16(12)20(2)19-10)15(22)18-8-4-7-17-14(21)11-5-3-6-11/h9,11H,3-8H2,1-2H3,(H,17,21)(H,18,22). The minimum atomic E-state index is -0.0593. The molecule has 2 aromatic heterocycles. The Morgan fingerprint density at radius 1 is 1.35 bits per heavy atom. The third kappa shape index (κ3) is 3.39. The van der Waals surface area contributed by atoms with Gasteiger partial charge >= 0.3 is 0 Å². The zero-order valence-electron chi connectivity index (χ0n) is 13.5. The molecule has 0 bridgehead atoms. The van der Waals surface area contributed by atoms with Crippen molar-refractivity contribution < 1.29 is 9.59 Å². The first-order valence-electron chi connectivity index (χ1n) is 8.05. The third-order valence-corrected chi connectivity index (χ3v) is 5.53. The molecular formula is C16H22N4O2S. The van der Waals surface area contributed by atoms with Crippen LogP contribution in [0.1, 0.15) is 41.0 Å². The predicted molar refractivity (Wildman–Crippen MR) is 90.6 cm³/mol. The first-order valence-corrected chi connectivity index (χ1v) is 8.87. The van der Waals surface area contributed by atoms with E-state index in [1.54, 1.807) is 0 Å². The number of aromatic nitrogens is 2. The van der Waals surface area contributed by atoms with Gasteiger partial charge in [-0.1, -0.05) is 6.42 Å². The number of hydrogen-bond donors (Lipinski definition) is 2. The van der Waals surface area contributed by atoms with E-state index >= 15 is 0 Å². The molecule has 0 radical (unpaired) electrons. The van der Waals surface area contributed by atoms with Crippen molar-refractivity contribution in [3.8, 4) is 0 Å². The summed E-state index contributed by atoms with van der Waals surface area (Å²) in [5, 5.41) is 11.2. The lowest BCUT2D eigenvalue weighted by Gasteiger charge is -2.23.